The van der Waals surface area contributed by atoms with E-state index in [9.17, 15) is 0 Å². The summed E-state index contributed by atoms with van der Waals surface area (Å²) in [4.78, 5) is 0. The summed E-state index contributed by atoms with van der Waals surface area (Å²) in [7, 11) is 0. The zero-order chi connectivity index (χ0) is 13.4. The smallest absolute Gasteiger partial charge is 0.0497 e. The van der Waals surface area contributed by atoms with Crippen LogP contribution in [0.4, 0.5) is 5.69 Å². The zero-order valence-electron chi connectivity index (χ0n) is 10.7. The molecule has 0 saturated heterocycles. The molecular formula is C16H15BrN2. The summed E-state index contributed by atoms with van der Waals surface area (Å²) in [6, 6.07) is 16.5. The quantitative estimate of drug-likeness (QED) is 0.701. The molecule has 0 atom stereocenters. The average molecular weight is 315 g/mol. The fraction of sp³-hybridized carbons (Fsp3) is 0.125. The van der Waals surface area contributed by atoms with Gasteiger partial charge in [0, 0.05) is 33.3 Å². The van der Waals surface area contributed by atoms with E-state index in [1.165, 1.54) is 26.6 Å². The van der Waals surface area contributed by atoms with Crippen molar-refractivity contribution in [2.45, 2.75) is 13.5 Å². The fourth-order valence-corrected chi connectivity index (χ4v) is 2.95. The topological polar surface area (TPSA) is 30.9 Å². The highest BCUT2D eigenvalue weighted by Crippen LogP contribution is 2.31. The number of aromatic nitrogens is 1. The summed E-state index contributed by atoms with van der Waals surface area (Å²) in [6.07, 6.45) is 0. The van der Waals surface area contributed by atoms with Gasteiger partial charge in [0.1, 0.15) is 0 Å². The number of halogens is 1. The van der Waals surface area contributed by atoms with Gasteiger partial charge in [-0.15, -0.1) is 0 Å². The van der Waals surface area contributed by atoms with Gasteiger partial charge in [-0.3, -0.25) is 0 Å². The summed E-state index contributed by atoms with van der Waals surface area (Å²) < 4.78 is 3.50. The zero-order valence-corrected chi connectivity index (χ0v) is 12.3. The highest BCUT2D eigenvalue weighted by atomic mass is 79.9. The Morgan fingerprint density at radius 2 is 1.74 bits per heavy atom. The first-order valence-corrected chi connectivity index (χ1v) is 7.04. The Bertz CT molecular complexity index is 726. The maximum Gasteiger partial charge on any atom is 0.0497 e. The predicted molar refractivity (Wildman–Crippen MR) is 84.3 cm³/mol. The Morgan fingerprint density at radius 3 is 2.47 bits per heavy atom. The summed E-state index contributed by atoms with van der Waals surface area (Å²) in [6.45, 7) is 3.00. The van der Waals surface area contributed by atoms with Gasteiger partial charge in [0.25, 0.3) is 0 Å². The van der Waals surface area contributed by atoms with Gasteiger partial charge in [0.2, 0.25) is 0 Å². The molecule has 19 heavy (non-hydrogen) atoms. The molecule has 1 aromatic heterocycles. The van der Waals surface area contributed by atoms with Crippen LogP contribution in [0.15, 0.2) is 53.0 Å². The number of nitrogens with two attached hydrogens (primary N) is 1. The minimum absolute atomic E-state index is 0.805. The molecule has 0 aliphatic heterocycles. The molecule has 0 aliphatic carbocycles. The van der Waals surface area contributed by atoms with Crippen LogP contribution >= 0.6 is 15.9 Å². The molecule has 3 heteroatoms. The molecule has 0 fully saturated rings. The Balaban J connectivity index is 2.10. The number of anilines is 1. The molecule has 2 N–H and O–H groups in total. The maximum atomic E-state index is 5.73. The number of nitrogen functional groups attached to an aromatic ring is 1. The molecule has 2 aromatic carbocycles. The van der Waals surface area contributed by atoms with Gasteiger partial charge in [0.05, 0.1) is 0 Å². The first-order chi connectivity index (χ1) is 9.16. The van der Waals surface area contributed by atoms with Crippen molar-refractivity contribution < 1.29 is 0 Å². The number of hydrogen-bond acceptors (Lipinski definition) is 1. The SMILES string of the molecule is Cc1c(Br)c2ccccc2n1Cc1ccc(N)cc1. The van der Waals surface area contributed by atoms with E-state index < -0.39 is 0 Å². The van der Waals surface area contributed by atoms with Gasteiger partial charge in [0.15, 0.2) is 0 Å². The van der Waals surface area contributed by atoms with E-state index in [-0.39, 0.29) is 0 Å². The van der Waals surface area contributed by atoms with Crippen LogP contribution in [0.5, 0.6) is 0 Å². The molecule has 0 aliphatic rings. The van der Waals surface area contributed by atoms with Crippen molar-refractivity contribution in [2.24, 2.45) is 0 Å². The molecule has 2 nitrogen and oxygen atoms in total. The van der Waals surface area contributed by atoms with Crippen LogP contribution in [0, 0.1) is 6.92 Å². The van der Waals surface area contributed by atoms with Crippen LogP contribution in [-0.2, 0) is 6.54 Å². The molecule has 0 spiro atoms. The van der Waals surface area contributed by atoms with E-state index in [4.69, 9.17) is 5.73 Å². The van der Waals surface area contributed by atoms with Crippen LogP contribution in [0.25, 0.3) is 10.9 Å². The number of fused-ring (bicyclic) bond motifs is 1. The third-order valence-electron chi connectivity index (χ3n) is 3.47. The molecule has 0 bridgehead atoms. The fourth-order valence-electron chi connectivity index (χ4n) is 2.40. The van der Waals surface area contributed by atoms with Crippen molar-refractivity contribution in [1.82, 2.24) is 4.57 Å². The lowest BCUT2D eigenvalue weighted by molar-refractivity contribution is 0.802. The van der Waals surface area contributed by atoms with Crippen LogP contribution in [0.2, 0.25) is 0 Å². The van der Waals surface area contributed by atoms with Gasteiger partial charge >= 0.3 is 0 Å². The average Bonchev–Trinajstić information content (AvgIpc) is 2.67. The van der Waals surface area contributed by atoms with Crippen molar-refractivity contribution in [3.63, 3.8) is 0 Å². The highest BCUT2D eigenvalue weighted by Gasteiger charge is 2.11. The Hall–Kier alpha value is -1.74. The second kappa shape index (κ2) is 4.74. The normalized spacial score (nSPS) is 11.1. The lowest BCUT2D eigenvalue weighted by Gasteiger charge is -2.08. The second-order valence-corrected chi connectivity index (χ2v) is 5.54. The van der Waals surface area contributed by atoms with E-state index in [2.05, 4.69) is 63.8 Å². The Labute approximate surface area is 121 Å². The molecule has 3 rings (SSSR count). The van der Waals surface area contributed by atoms with Gasteiger partial charge in [-0.05, 0) is 46.6 Å². The number of rotatable bonds is 2. The number of para-hydroxylation sites is 1. The molecule has 3 aromatic rings. The molecule has 1 heterocycles. The standard InChI is InChI=1S/C16H15BrN2/c1-11-16(17)14-4-2-3-5-15(14)19(11)10-12-6-8-13(18)9-7-12/h2-9H,10,18H2,1H3. The van der Waals surface area contributed by atoms with Crippen molar-refractivity contribution >= 4 is 32.5 Å². The van der Waals surface area contributed by atoms with Crippen molar-refractivity contribution in [1.29, 1.82) is 0 Å². The summed E-state index contributed by atoms with van der Waals surface area (Å²) >= 11 is 3.69. The van der Waals surface area contributed by atoms with Crippen LogP contribution in [0.1, 0.15) is 11.3 Å². The molecular weight excluding hydrogens is 300 g/mol. The summed E-state index contributed by atoms with van der Waals surface area (Å²) in [5.41, 5.74) is 10.3. The summed E-state index contributed by atoms with van der Waals surface area (Å²) in [5.74, 6) is 0. The van der Waals surface area contributed by atoms with E-state index in [1.807, 2.05) is 12.1 Å². The maximum absolute atomic E-state index is 5.73. The Kier molecular flexibility index (Phi) is 3.07. The molecule has 0 unspecified atom stereocenters. The van der Waals surface area contributed by atoms with Crippen molar-refractivity contribution in [3.8, 4) is 0 Å². The van der Waals surface area contributed by atoms with E-state index in [1.54, 1.807) is 0 Å². The molecule has 0 radical (unpaired) electrons. The first-order valence-electron chi connectivity index (χ1n) is 6.24. The number of nitrogens with zero attached hydrogens (tertiary/aromatic N) is 1. The molecule has 0 saturated carbocycles. The molecule has 0 amide bonds. The van der Waals surface area contributed by atoms with E-state index in [0.717, 1.165) is 12.2 Å². The third kappa shape index (κ3) is 2.15. The first kappa shape index (κ1) is 12.3. The Morgan fingerprint density at radius 1 is 1.05 bits per heavy atom. The lowest BCUT2D eigenvalue weighted by atomic mass is 10.2. The molecule has 96 valence electrons. The minimum atomic E-state index is 0.805. The predicted octanol–water partition coefficient (Wildman–Crippen LogP) is 4.34. The van der Waals surface area contributed by atoms with Crippen LogP contribution in [-0.4, -0.2) is 4.57 Å². The van der Waals surface area contributed by atoms with Gasteiger partial charge in [-0.2, -0.15) is 0 Å². The minimum Gasteiger partial charge on any atom is -0.399 e. The summed E-state index contributed by atoms with van der Waals surface area (Å²) in [5, 5.41) is 1.26. The number of hydrogen-bond donors (Lipinski definition) is 1. The van der Waals surface area contributed by atoms with E-state index >= 15 is 0 Å². The van der Waals surface area contributed by atoms with Gasteiger partial charge in [-0.25, -0.2) is 0 Å². The van der Waals surface area contributed by atoms with Crippen LogP contribution in [0.3, 0.4) is 0 Å². The van der Waals surface area contributed by atoms with Gasteiger partial charge < -0.3 is 10.3 Å². The van der Waals surface area contributed by atoms with E-state index in [0.29, 0.717) is 0 Å². The third-order valence-corrected chi connectivity index (χ3v) is 4.48. The van der Waals surface area contributed by atoms with Crippen LogP contribution < -0.4 is 5.73 Å². The number of benzene rings is 2. The monoisotopic (exact) mass is 314 g/mol. The van der Waals surface area contributed by atoms with Crippen molar-refractivity contribution in [2.75, 3.05) is 5.73 Å². The second-order valence-electron chi connectivity index (χ2n) is 4.74. The van der Waals surface area contributed by atoms with Gasteiger partial charge in [-0.1, -0.05) is 30.3 Å². The highest BCUT2D eigenvalue weighted by molar-refractivity contribution is 9.10. The largest absolute Gasteiger partial charge is 0.399 e. The van der Waals surface area contributed by atoms with Crippen molar-refractivity contribution in [3.05, 3.63) is 64.3 Å². The lowest BCUT2D eigenvalue weighted by Crippen LogP contribution is -2.01.